The highest BCUT2D eigenvalue weighted by atomic mass is 16.4. The molecular weight excluding hydrogens is 434 g/mol. The fourth-order valence-corrected chi connectivity index (χ4v) is 3.62. The molecule has 34 heavy (non-hydrogen) atoms. The zero-order valence-electron chi connectivity index (χ0n) is 18.5. The average Bonchev–Trinajstić information content (AvgIpc) is 2.85. The molecule has 176 valence electrons. The van der Waals surface area contributed by atoms with Crippen LogP contribution < -0.4 is 16.0 Å². The van der Waals surface area contributed by atoms with Gasteiger partial charge in [0.05, 0.1) is 0 Å². The molecule has 8 heteroatoms. The molecule has 3 aromatic rings. The third-order valence-electron chi connectivity index (χ3n) is 5.25. The summed E-state index contributed by atoms with van der Waals surface area (Å²) in [5, 5.41) is 25.0. The van der Waals surface area contributed by atoms with Gasteiger partial charge in [-0.05, 0) is 53.3 Å². The molecule has 0 fully saturated rings. The summed E-state index contributed by atoms with van der Waals surface area (Å²) in [6, 6.07) is 24.8. The Labute approximate surface area is 197 Å². The second-order valence-corrected chi connectivity index (χ2v) is 7.76. The van der Waals surface area contributed by atoms with Crippen molar-refractivity contribution in [2.75, 3.05) is 13.1 Å². The van der Waals surface area contributed by atoms with Gasteiger partial charge in [-0.2, -0.15) is 0 Å². The lowest BCUT2D eigenvalue weighted by atomic mass is 9.96. The molecule has 0 aliphatic carbocycles. The zero-order valence-corrected chi connectivity index (χ0v) is 18.5. The molecule has 0 aliphatic heterocycles. The van der Waals surface area contributed by atoms with Crippen LogP contribution in [0, 0.1) is 0 Å². The Morgan fingerprint density at radius 2 is 1.26 bits per heavy atom. The van der Waals surface area contributed by atoms with E-state index in [9.17, 15) is 14.4 Å². The fraction of sp³-hybridized carbons (Fsp3) is 0.192. The van der Waals surface area contributed by atoms with Gasteiger partial charge in [-0.25, -0.2) is 9.59 Å². The third-order valence-corrected chi connectivity index (χ3v) is 5.25. The molecule has 8 nitrogen and oxygen atoms in total. The first kappa shape index (κ1) is 24.3. The van der Waals surface area contributed by atoms with Gasteiger partial charge in [0.25, 0.3) is 5.91 Å². The fourth-order valence-electron chi connectivity index (χ4n) is 3.62. The molecule has 3 rings (SSSR count). The minimum Gasteiger partial charge on any atom is -0.465 e. The molecule has 0 saturated heterocycles. The van der Waals surface area contributed by atoms with Crippen molar-refractivity contribution in [3.8, 4) is 22.3 Å². The normalized spacial score (nSPS) is 11.3. The van der Waals surface area contributed by atoms with Gasteiger partial charge in [-0.1, -0.05) is 60.7 Å². The van der Waals surface area contributed by atoms with Crippen LogP contribution in [0.4, 0.5) is 9.59 Å². The zero-order chi connectivity index (χ0) is 24.3. The number of carbonyl (C=O) groups excluding carboxylic acids is 1. The lowest BCUT2D eigenvalue weighted by molar-refractivity contribution is 0.0952. The molecular formula is C26H27N3O5. The van der Waals surface area contributed by atoms with Crippen LogP contribution in [0.3, 0.4) is 0 Å². The van der Waals surface area contributed by atoms with E-state index >= 15 is 0 Å². The Balaban J connectivity index is 1.70. The molecule has 0 bridgehead atoms. The number of carbonyl (C=O) groups is 3. The molecule has 5 N–H and O–H groups in total. The van der Waals surface area contributed by atoms with E-state index in [0.29, 0.717) is 24.9 Å². The van der Waals surface area contributed by atoms with E-state index in [1.165, 1.54) is 0 Å². The van der Waals surface area contributed by atoms with Gasteiger partial charge in [0.2, 0.25) is 0 Å². The van der Waals surface area contributed by atoms with Crippen molar-refractivity contribution in [1.82, 2.24) is 16.0 Å². The second-order valence-electron chi connectivity index (χ2n) is 7.76. The van der Waals surface area contributed by atoms with E-state index in [2.05, 4.69) is 22.0 Å². The van der Waals surface area contributed by atoms with Crippen LogP contribution in [0.15, 0.2) is 78.9 Å². The topological polar surface area (TPSA) is 128 Å². The summed E-state index contributed by atoms with van der Waals surface area (Å²) in [7, 11) is 0. The summed E-state index contributed by atoms with van der Waals surface area (Å²) in [6.07, 6.45) is -1.61. The maximum atomic E-state index is 12.9. The van der Waals surface area contributed by atoms with Crippen molar-refractivity contribution < 1.29 is 24.6 Å². The monoisotopic (exact) mass is 461 g/mol. The third kappa shape index (κ3) is 7.37. The maximum absolute atomic E-state index is 12.9. The number of hydrogen-bond acceptors (Lipinski definition) is 3. The molecule has 0 saturated carbocycles. The first-order valence-electron chi connectivity index (χ1n) is 10.9. The Morgan fingerprint density at radius 1 is 0.706 bits per heavy atom. The van der Waals surface area contributed by atoms with Crippen LogP contribution in [0.5, 0.6) is 0 Å². The van der Waals surface area contributed by atoms with Crippen molar-refractivity contribution in [2.24, 2.45) is 0 Å². The van der Waals surface area contributed by atoms with E-state index in [-0.39, 0.29) is 12.5 Å². The van der Waals surface area contributed by atoms with E-state index in [4.69, 9.17) is 10.2 Å². The van der Waals surface area contributed by atoms with Gasteiger partial charge in [0.1, 0.15) is 0 Å². The SMILES string of the molecule is O=C(O)NC[C@H](CCCNC(=O)c1cc(-c2ccccc2)cc(-c2ccccc2)c1)NC(=O)O. The number of amides is 3. The number of nitrogens with one attached hydrogen (secondary N) is 3. The first-order valence-corrected chi connectivity index (χ1v) is 10.9. The molecule has 0 aromatic heterocycles. The Morgan fingerprint density at radius 3 is 1.76 bits per heavy atom. The van der Waals surface area contributed by atoms with Crippen molar-refractivity contribution in [1.29, 1.82) is 0 Å². The molecule has 3 aromatic carbocycles. The molecule has 0 unspecified atom stereocenters. The van der Waals surface area contributed by atoms with Crippen LogP contribution in [-0.2, 0) is 0 Å². The number of benzene rings is 3. The number of carboxylic acid groups (broad SMARTS) is 2. The van der Waals surface area contributed by atoms with Gasteiger partial charge in [-0.15, -0.1) is 0 Å². The molecule has 0 aliphatic rings. The highest BCUT2D eigenvalue weighted by Crippen LogP contribution is 2.28. The average molecular weight is 462 g/mol. The molecule has 1 atom stereocenters. The highest BCUT2D eigenvalue weighted by molar-refractivity contribution is 5.97. The predicted octanol–water partition coefficient (Wildman–Crippen LogP) is 4.43. The summed E-state index contributed by atoms with van der Waals surface area (Å²) in [5.41, 5.74) is 4.38. The summed E-state index contributed by atoms with van der Waals surface area (Å²) in [6.45, 7) is 0.273. The minimum atomic E-state index is -1.23. The summed E-state index contributed by atoms with van der Waals surface area (Å²) in [5.74, 6) is -0.235. The summed E-state index contributed by atoms with van der Waals surface area (Å²) in [4.78, 5) is 34.5. The van der Waals surface area contributed by atoms with Crippen LogP contribution in [0.25, 0.3) is 22.3 Å². The Hall–Kier alpha value is -4.33. The van der Waals surface area contributed by atoms with E-state index in [0.717, 1.165) is 22.3 Å². The van der Waals surface area contributed by atoms with E-state index < -0.39 is 18.2 Å². The first-order chi connectivity index (χ1) is 16.4. The van der Waals surface area contributed by atoms with Gasteiger partial charge in [0, 0.05) is 24.7 Å². The smallest absolute Gasteiger partial charge is 0.404 e. The summed E-state index contributed by atoms with van der Waals surface area (Å²) >= 11 is 0. The minimum absolute atomic E-state index is 0.0465. The van der Waals surface area contributed by atoms with E-state index in [1.807, 2.05) is 72.8 Å². The maximum Gasteiger partial charge on any atom is 0.404 e. The largest absolute Gasteiger partial charge is 0.465 e. The molecule has 0 heterocycles. The van der Waals surface area contributed by atoms with Crippen LogP contribution in [0.1, 0.15) is 23.2 Å². The van der Waals surface area contributed by atoms with E-state index in [1.54, 1.807) is 0 Å². The van der Waals surface area contributed by atoms with Crippen molar-refractivity contribution in [3.05, 3.63) is 84.4 Å². The van der Waals surface area contributed by atoms with Crippen molar-refractivity contribution in [3.63, 3.8) is 0 Å². The van der Waals surface area contributed by atoms with Crippen molar-refractivity contribution in [2.45, 2.75) is 18.9 Å². The van der Waals surface area contributed by atoms with Crippen molar-refractivity contribution >= 4 is 18.1 Å². The van der Waals surface area contributed by atoms with Gasteiger partial charge in [0.15, 0.2) is 0 Å². The molecule has 0 radical (unpaired) electrons. The lowest BCUT2D eigenvalue weighted by Gasteiger charge is -2.17. The Kier molecular flexibility index (Phi) is 8.62. The number of rotatable bonds is 10. The quantitative estimate of drug-likeness (QED) is 0.285. The summed E-state index contributed by atoms with van der Waals surface area (Å²) < 4.78 is 0. The molecule has 3 amide bonds. The van der Waals surface area contributed by atoms with Gasteiger partial charge < -0.3 is 26.2 Å². The predicted molar refractivity (Wildman–Crippen MR) is 130 cm³/mol. The lowest BCUT2D eigenvalue weighted by Crippen LogP contribution is -2.43. The standard InChI is InChI=1S/C26H27N3O5/c30-24(27-13-7-12-23(29-26(33)34)17-28-25(31)32)22-15-20(18-8-3-1-4-9-18)14-21(16-22)19-10-5-2-6-11-19/h1-6,8-11,14-16,23,28-29H,7,12-13,17H2,(H,27,30)(H,31,32)(H,33,34)/t23-/m0/s1. The molecule has 0 spiro atoms. The number of hydrogen-bond donors (Lipinski definition) is 5. The van der Waals surface area contributed by atoms with Crippen LogP contribution >= 0.6 is 0 Å². The van der Waals surface area contributed by atoms with Crippen LogP contribution in [0.2, 0.25) is 0 Å². The highest BCUT2D eigenvalue weighted by Gasteiger charge is 2.14. The van der Waals surface area contributed by atoms with Gasteiger partial charge in [-0.3, -0.25) is 4.79 Å². The Bertz CT molecular complexity index is 1060. The second kappa shape index (κ2) is 12.1. The van der Waals surface area contributed by atoms with Crippen LogP contribution in [-0.4, -0.2) is 47.4 Å². The van der Waals surface area contributed by atoms with Gasteiger partial charge >= 0.3 is 12.2 Å².